The van der Waals surface area contributed by atoms with Crippen LogP contribution in [0.25, 0.3) is 0 Å². The van der Waals surface area contributed by atoms with Crippen molar-refractivity contribution in [3.63, 3.8) is 0 Å². The van der Waals surface area contributed by atoms with Gasteiger partial charge >= 0.3 is 0 Å². The van der Waals surface area contributed by atoms with Gasteiger partial charge in [0, 0.05) is 0 Å². The Morgan fingerprint density at radius 3 is 2.89 bits per heavy atom. The zero-order valence-corrected chi connectivity index (χ0v) is 11.2. The van der Waals surface area contributed by atoms with Crippen LogP contribution in [0.2, 0.25) is 0 Å². The standard InChI is InChI=1S/C17H22O/c1-13-8-9-14-10-11-17(18,16(14)12-13)15-6-4-2-3-5-7-15/h6,8-9,12,18H,2-5,7,10-11H2,1H3. The molecular formula is C17H22O. The van der Waals surface area contributed by atoms with Crippen LogP contribution in [0.15, 0.2) is 29.8 Å². The first kappa shape index (κ1) is 12.0. The van der Waals surface area contributed by atoms with Crippen LogP contribution in [0.3, 0.4) is 0 Å². The van der Waals surface area contributed by atoms with Crippen molar-refractivity contribution in [3.8, 4) is 0 Å². The Hall–Kier alpha value is -1.08. The van der Waals surface area contributed by atoms with Crippen molar-refractivity contribution < 1.29 is 5.11 Å². The van der Waals surface area contributed by atoms with Gasteiger partial charge in [-0.05, 0) is 62.1 Å². The van der Waals surface area contributed by atoms with Crippen LogP contribution in [0.5, 0.6) is 0 Å². The molecule has 1 unspecified atom stereocenters. The Morgan fingerprint density at radius 2 is 2.00 bits per heavy atom. The van der Waals surface area contributed by atoms with E-state index in [0.29, 0.717) is 0 Å². The van der Waals surface area contributed by atoms with Gasteiger partial charge in [0.25, 0.3) is 0 Å². The van der Waals surface area contributed by atoms with Crippen molar-refractivity contribution in [1.82, 2.24) is 0 Å². The molecule has 0 bridgehead atoms. The number of fused-ring (bicyclic) bond motifs is 1. The maximum absolute atomic E-state index is 11.1. The van der Waals surface area contributed by atoms with E-state index >= 15 is 0 Å². The van der Waals surface area contributed by atoms with Gasteiger partial charge in [-0.2, -0.15) is 0 Å². The highest BCUT2D eigenvalue weighted by molar-refractivity contribution is 5.45. The summed E-state index contributed by atoms with van der Waals surface area (Å²) in [6.07, 6.45) is 10.2. The molecule has 1 aromatic rings. The molecule has 1 heteroatoms. The molecule has 0 aliphatic heterocycles. The zero-order valence-electron chi connectivity index (χ0n) is 11.2. The van der Waals surface area contributed by atoms with Crippen LogP contribution < -0.4 is 0 Å². The lowest BCUT2D eigenvalue weighted by atomic mass is 9.84. The molecule has 2 aliphatic carbocycles. The number of aryl methyl sites for hydroxylation is 2. The lowest BCUT2D eigenvalue weighted by molar-refractivity contribution is 0.0741. The molecule has 1 aromatic carbocycles. The summed E-state index contributed by atoms with van der Waals surface area (Å²) in [6, 6.07) is 6.54. The van der Waals surface area contributed by atoms with Gasteiger partial charge in [0.1, 0.15) is 5.60 Å². The minimum atomic E-state index is -0.661. The molecule has 3 rings (SSSR count). The van der Waals surface area contributed by atoms with Gasteiger partial charge in [-0.3, -0.25) is 0 Å². The minimum absolute atomic E-state index is 0.661. The third kappa shape index (κ3) is 1.91. The Balaban J connectivity index is 2.02. The molecule has 1 N–H and O–H groups in total. The molecule has 1 nitrogen and oxygen atoms in total. The Kier molecular flexibility index (Phi) is 3.03. The molecule has 1 atom stereocenters. The molecule has 0 radical (unpaired) electrons. The van der Waals surface area contributed by atoms with Gasteiger partial charge in [-0.25, -0.2) is 0 Å². The van der Waals surface area contributed by atoms with E-state index in [4.69, 9.17) is 0 Å². The largest absolute Gasteiger partial charge is 0.381 e. The SMILES string of the molecule is Cc1ccc2c(c1)C(O)(C1=CCCCCC1)CC2. The summed E-state index contributed by atoms with van der Waals surface area (Å²) in [6.45, 7) is 2.11. The summed E-state index contributed by atoms with van der Waals surface area (Å²) in [5.41, 5.74) is 4.39. The predicted octanol–water partition coefficient (Wildman–Crippen LogP) is 4.02. The average Bonchev–Trinajstić information content (AvgIpc) is 2.59. The topological polar surface area (TPSA) is 20.2 Å². The normalized spacial score (nSPS) is 27.6. The van der Waals surface area contributed by atoms with E-state index in [1.165, 1.54) is 41.5 Å². The number of rotatable bonds is 1. The van der Waals surface area contributed by atoms with Crippen molar-refractivity contribution in [2.24, 2.45) is 0 Å². The number of hydrogen-bond acceptors (Lipinski definition) is 1. The fourth-order valence-electron chi connectivity index (χ4n) is 3.47. The second kappa shape index (κ2) is 4.55. The quantitative estimate of drug-likeness (QED) is 0.737. The van der Waals surface area contributed by atoms with E-state index < -0.39 is 5.60 Å². The van der Waals surface area contributed by atoms with E-state index in [-0.39, 0.29) is 0 Å². The Labute approximate surface area is 110 Å². The molecule has 2 aliphatic rings. The second-order valence-electron chi connectivity index (χ2n) is 5.85. The molecule has 0 amide bonds. The summed E-state index contributed by atoms with van der Waals surface area (Å²) >= 11 is 0. The van der Waals surface area contributed by atoms with Crippen LogP contribution in [0.1, 0.15) is 55.2 Å². The zero-order chi connectivity index (χ0) is 12.6. The smallest absolute Gasteiger partial charge is 0.111 e. The third-order valence-electron chi connectivity index (χ3n) is 4.54. The van der Waals surface area contributed by atoms with Crippen LogP contribution in [0, 0.1) is 6.92 Å². The van der Waals surface area contributed by atoms with Crippen molar-refractivity contribution in [3.05, 3.63) is 46.5 Å². The van der Waals surface area contributed by atoms with Gasteiger partial charge in [-0.15, -0.1) is 0 Å². The Bertz CT molecular complexity index is 486. The first-order chi connectivity index (χ1) is 8.70. The lowest BCUT2D eigenvalue weighted by Gasteiger charge is -2.28. The van der Waals surface area contributed by atoms with Crippen molar-refractivity contribution in [1.29, 1.82) is 0 Å². The monoisotopic (exact) mass is 242 g/mol. The van der Waals surface area contributed by atoms with Crippen LogP contribution in [0.4, 0.5) is 0 Å². The molecule has 0 aromatic heterocycles. The fraction of sp³-hybridized carbons (Fsp3) is 0.529. The highest BCUT2D eigenvalue weighted by atomic mass is 16.3. The maximum atomic E-state index is 11.1. The molecule has 0 spiro atoms. The first-order valence-electron chi connectivity index (χ1n) is 7.22. The number of allylic oxidation sites excluding steroid dienone is 1. The minimum Gasteiger partial charge on any atom is -0.381 e. The number of hydrogen-bond donors (Lipinski definition) is 1. The molecular weight excluding hydrogens is 220 g/mol. The van der Waals surface area contributed by atoms with E-state index in [1.807, 2.05) is 0 Å². The first-order valence-corrected chi connectivity index (χ1v) is 7.22. The van der Waals surface area contributed by atoms with E-state index in [9.17, 15) is 5.11 Å². The van der Waals surface area contributed by atoms with E-state index in [2.05, 4.69) is 31.2 Å². The number of aliphatic hydroxyl groups is 1. The third-order valence-corrected chi connectivity index (χ3v) is 4.54. The summed E-state index contributed by atoms with van der Waals surface area (Å²) in [5.74, 6) is 0. The Morgan fingerprint density at radius 1 is 1.11 bits per heavy atom. The van der Waals surface area contributed by atoms with E-state index in [0.717, 1.165) is 25.7 Å². The highest BCUT2D eigenvalue weighted by Crippen LogP contribution is 2.45. The molecule has 0 saturated heterocycles. The summed E-state index contributed by atoms with van der Waals surface area (Å²) in [4.78, 5) is 0. The number of benzene rings is 1. The predicted molar refractivity (Wildman–Crippen MR) is 74.6 cm³/mol. The van der Waals surface area contributed by atoms with Gasteiger partial charge in [0.15, 0.2) is 0 Å². The summed E-state index contributed by atoms with van der Waals surface area (Å²) < 4.78 is 0. The maximum Gasteiger partial charge on any atom is 0.111 e. The van der Waals surface area contributed by atoms with Crippen molar-refractivity contribution in [2.45, 2.75) is 57.5 Å². The molecule has 0 fully saturated rings. The fourth-order valence-corrected chi connectivity index (χ4v) is 3.47. The molecule has 0 saturated carbocycles. The van der Waals surface area contributed by atoms with Gasteiger partial charge < -0.3 is 5.11 Å². The lowest BCUT2D eigenvalue weighted by Crippen LogP contribution is -2.25. The highest BCUT2D eigenvalue weighted by Gasteiger charge is 2.39. The molecule has 0 heterocycles. The molecule has 96 valence electrons. The van der Waals surface area contributed by atoms with Crippen LogP contribution in [-0.4, -0.2) is 5.11 Å². The van der Waals surface area contributed by atoms with Gasteiger partial charge in [0.05, 0.1) is 0 Å². The average molecular weight is 242 g/mol. The summed E-state index contributed by atoms with van der Waals surface area (Å²) in [5, 5.41) is 11.1. The second-order valence-corrected chi connectivity index (χ2v) is 5.85. The summed E-state index contributed by atoms with van der Waals surface area (Å²) in [7, 11) is 0. The van der Waals surface area contributed by atoms with E-state index in [1.54, 1.807) is 0 Å². The van der Waals surface area contributed by atoms with Crippen LogP contribution in [-0.2, 0) is 12.0 Å². The molecule has 18 heavy (non-hydrogen) atoms. The van der Waals surface area contributed by atoms with Gasteiger partial charge in [0.2, 0.25) is 0 Å². The van der Waals surface area contributed by atoms with Crippen molar-refractivity contribution >= 4 is 0 Å². The van der Waals surface area contributed by atoms with Gasteiger partial charge in [-0.1, -0.05) is 36.3 Å². The van der Waals surface area contributed by atoms with Crippen molar-refractivity contribution in [2.75, 3.05) is 0 Å². The van der Waals surface area contributed by atoms with Crippen LogP contribution >= 0.6 is 0 Å².